The van der Waals surface area contributed by atoms with Crippen molar-refractivity contribution in [3.05, 3.63) is 23.3 Å². The Hall–Kier alpha value is -1.59. The first-order chi connectivity index (χ1) is 10.5. The summed E-state index contributed by atoms with van der Waals surface area (Å²) < 4.78 is 11.6. The van der Waals surface area contributed by atoms with Crippen LogP contribution in [0.4, 0.5) is 0 Å². The molecule has 2 fully saturated rings. The molecule has 4 aliphatic rings. The normalized spacial score (nSPS) is 41.3. The summed E-state index contributed by atoms with van der Waals surface area (Å²) in [5.41, 5.74) is 0.699. The van der Waals surface area contributed by atoms with Crippen molar-refractivity contribution in [1.29, 1.82) is 0 Å². The maximum absolute atomic E-state index is 12.6. The van der Waals surface area contributed by atoms with Gasteiger partial charge in [0.15, 0.2) is 23.4 Å². The molecule has 2 heterocycles. The van der Waals surface area contributed by atoms with Crippen LogP contribution in [0.2, 0.25) is 0 Å². The number of ketones is 1. The lowest BCUT2D eigenvalue weighted by Gasteiger charge is -2.50. The summed E-state index contributed by atoms with van der Waals surface area (Å²) in [7, 11) is 3.65. The number of hydrogen-bond acceptors (Lipinski definition) is 5. The molecule has 1 unspecified atom stereocenters. The zero-order chi connectivity index (χ0) is 15.3. The van der Waals surface area contributed by atoms with E-state index in [1.54, 1.807) is 7.11 Å². The van der Waals surface area contributed by atoms with E-state index in [4.69, 9.17) is 9.47 Å². The first kappa shape index (κ1) is 12.9. The van der Waals surface area contributed by atoms with Crippen molar-refractivity contribution in [3.8, 4) is 11.5 Å². The molecule has 116 valence electrons. The molecule has 1 saturated carbocycles. The molecule has 4 atom stereocenters. The minimum atomic E-state index is -0.884. The van der Waals surface area contributed by atoms with Crippen LogP contribution in [0.15, 0.2) is 12.1 Å². The van der Waals surface area contributed by atoms with Gasteiger partial charge in [-0.3, -0.25) is 9.69 Å². The molecule has 5 nitrogen and oxygen atoms in total. The van der Waals surface area contributed by atoms with Gasteiger partial charge in [-0.2, -0.15) is 0 Å². The molecule has 5 heteroatoms. The van der Waals surface area contributed by atoms with E-state index < -0.39 is 17.1 Å². The van der Waals surface area contributed by atoms with E-state index in [2.05, 4.69) is 11.0 Å². The maximum Gasteiger partial charge on any atom is 0.174 e. The van der Waals surface area contributed by atoms with E-state index in [1.807, 2.05) is 13.1 Å². The van der Waals surface area contributed by atoms with Gasteiger partial charge in [0, 0.05) is 24.6 Å². The number of benzene rings is 1. The van der Waals surface area contributed by atoms with Crippen molar-refractivity contribution in [3.63, 3.8) is 0 Å². The van der Waals surface area contributed by atoms with E-state index in [0.29, 0.717) is 30.9 Å². The maximum atomic E-state index is 12.6. The van der Waals surface area contributed by atoms with Crippen LogP contribution in [-0.2, 0) is 16.6 Å². The SMILES string of the molecule is COc1ccc2c3c1OC1C(=O)CC[C@@]4(O)[C@@H](C2)N(C)C[C@]314. The van der Waals surface area contributed by atoms with Gasteiger partial charge in [0.1, 0.15) is 0 Å². The number of rotatable bonds is 1. The Morgan fingerprint density at radius 2 is 2.27 bits per heavy atom. The molecule has 5 rings (SSSR count). The quantitative estimate of drug-likeness (QED) is 0.826. The van der Waals surface area contributed by atoms with Crippen molar-refractivity contribution in [2.75, 3.05) is 20.7 Å². The van der Waals surface area contributed by atoms with Crippen LogP contribution in [0.1, 0.15) is 24.0 Å². The molecule has 2 bridgehead atoms. The van der Waals surface area contributed by atoms with Gasteiger partial charge in [-0.05, 0) is 31.5 Å². The first-order valence-corrected chi connectivity index (χ1v) is 7.85. The Morgan fingerprint density at radius 3 is 3.05 bits per heavy atom. The van der Waals surface area contributed by atoms with E-state index in [9.17, 15) is 9.90 Å². The van der Waals surface area contributed by atoms with Gasteiger partial charge in [0.05, 0.1) is 18.1 Å². The molecule has 0 aromatic heterocycles. The average molecular weight is 301 g/mol. The Balaban J connectivity index is 1.87. The molecule has 1 spiro atoms. The number of likely N-dealkylation sites (tertiary alicyclic amines) is 1. The minimum absolute atomic E-state index is 0.0542. The van der Waals surface area contributed by atoms with Crippen LogP contribution in [-0.4, -0.2) is 54.2 Å². The van der Waals surface area contributed by atoms with Gasteiger partial charge >= 0.3 is 0 Å². The largest absolute Gasteiger partial charge is 0.493 e. The summed E-state index contributed by atoms with van der Waals surface area (Å²) >= 11 is 0. The topological polar surface area (TPSA) is 59.0 Å². The molecule has 1 aromatic carbocycles. The summed E-state index contributed by atoms with van der Waals surface area (Å²) in [5.74, 6) is 1.43. The summed E-state index contributed by atoms with van der Waals surface area (Å²) in [6, 6.07) is 4.03. The minimum Gasteiger partial charge on any atom is -0.493 e. The highest BCUT2D eigenvalue weighted by Crippen LogP contribution is 2.64. The third kappa shape index (κ3) is 1.09. The van der Waals surface area contributed by atoms with E-state index in [1.165, 1.54) is 5.56 Å². The molecule has 0 amide bonds. The van der Waals surface area contributed by atoms with Gasteiger partial charge in [-0.15, -0.1) is 0 Å². The predicted molar refractivity (Wildman–Crippen MR) is 78.4 cm³/mol. The average Bonchev–Trinajstić information content (AvgIpc) is 2.90. The van der Waals surface area contributed by atoms with E-state index >= 15 is 0 Å². The van der Waals surface area contributed by atoms with E-state index in [0.717, 1.165) is 12.0 Å². The number of methoxy groups -OCH3 is 1. The second-order valence-electron chi connectivity index (χ2n) is 7.13. The molecule has 22 heavy (non-hydrogen) atoms. The predicted octanol–water partition coefficient (Wildman–Crippen LogP) is 0.658. The van der Waals surface area contributed by atoms with Crippen LogP contribution in [0.25, 0.3) is 0 Å². The second-order valence-corrected chi connectivity index (χ2v) is 7.13. The number of Topliss-reactive ketones (excluding diaryl/α,β-unsaturated/α-hetero) is 1. The van der Waals surface area contributed by atoms with Crippen LogP contribution >= 0.6 is 0 Å². The highest BCUT2D eigenvalue weighted by molar-refractivity contribution is 5.90. The fourth-order valence-electron chi connectivity index (χ4n) is 5.51. The summed E-state index contributed by atoms with van der Waals surface area (Å²) in [6.45, 7) is 0.664. The molecule has 0 radical (unpaired) electrons. The number of nitrogens with zero attached hydrogens (tertiary/aromatic N) is 1. The highest BCUT2D eigenvalue weighted by Gasteiger charge is 2.75. The van der Waals surface area contributed by atoms with Crippen LogP contribution in [0, 0.1) is 0 Å². The first-order valence-electron chi connectivity index (χ1n) is 7.85. The highest BCUT2D eigenvalue weighted by atomic mass is 16.5. The Bertz CT molecular complexity index is 717. The summed E-state index contributed by atoms with van der Waals surface area (Å²) in [6.07, 6.45) is 1.13. The lowest BCUT2D eigenvalue weighted by Crippen LogP contribution is -2.66. The Kier molecular flexibility index (Phi) is 2.15. The summed E-state index contributed by atoms with van der Waals surface area (Å²) in [4.78, 5) is 14.8. The number of ether oxygens (including phenoxy) is 2. The van der Waals surface area contributed by atoms with Gasteiger partial charge in [0.2, 0.25) is 0 Å². The number of aliphatic hydroxyl groups is 1. The van der Waals surface area contributed by atoms with Crippen LogP contribution < -0.4 is 9.47 Å². The molecule has 2 aliphatic carbocycles. The van der Waals surface area contributed by atoms with Crippen LogP contribution in [0.3, 0.4) is 0 Å². The molecular weight excluding hydrogens is 282 g/mol. The number of hydrogen-bond donors (Lipinski definition) is 1. The third-order valence-electron chi connectivity index (χ3n) is 6.37. The van der Waals surface area contributed by atoms with Crippen molar-refractivity contribution >= 4 is 5.78 Å². The van der Waals surface area contributed by atoms with Gasteiger partial charge in [-0.25, -0.2) is 0 Å². The van der Waals surface area contributed by atoms with Gasteiger partial charge < -0.3 is 14.6 Å². The lowest BCUT2D eigenvalue weighted by molar-refractivity contribution is -0.147. The molecule has 1 aromatic rings. The molecule has 2 aliphatic heterocycles. The molecular formula is C17H19NO4. The van der Waals surface area contributed by atoms with Crippen molar-refractivity contribution in [2.45, 2.75) is 42.4 Å². The fraction of sp³-hybridized carbons (Fsp3) is 0.588. The second kappa shape index (κ2) is 3.66. The van der Waals surface area contributed by atoms with Gasteiger partial charge in [0.25, 0.3) is 0 Å². The zero-order valence-electron chi connectivity index (χ0n) is 12.8. The monoisotopic (exact) mass is 301 g/mol. The van der Waals surface area contributed by atoms with Crippen molar-refractivity contribution in [2.24, 2.45) is 0 Å². The third-order valence-corrected chi connectivity index (χ3v) is 6.37. The zero-order valence-corrected chi connectivity index (χ0v) is 12.8. The van der Waals surface area contributed by atoms with Crippen molar-refractivity contribution in [1.82, 2.24) is 4.90 Å². The molecule has 1 saturated heterocycles. The Labute approximate surface area is 128 Å². The standard InChI is InChI=1S/C17H19NO4/c1-18-8-16-13-9-3-4-11(21-2)14(13)22-15(16)10(19)5-6-17(16,20)12(18)7-9/h3-4,12,15,20H,5-8H2,1-2H3/t12-,15?,16+,17-/m1/s1. The lowest BCUT2D eigenvalue weighted by atomic mass is 9.54. The summed E-state index contributed by atoms with van der Waals surface area (Å²) in [5, 5.41) is 11.6. The van der Waals surface area contributed by atoms with E-state index in [-0.39, 0.29) is 11.8 Å². The fourth-order valence-corrected chi connectivity index (χ4v) is 5.51. The van der Waals surface area contributed by atoms with Crippen molar-refractivity contribution < 1.29 is 19.4 Å². The smallest absolute Gasteiger partial charge is 0.174 e. The number of carbonyl (C=O) groups is 1. The molecule has 1 N–H and O–H groups in total. The van der Waals surface area contributed by atoms with Gasteiger partial charge in [-0.1, -0.05) is 6.07 Å². The number of carbonyl (C=O) groups excluding carboxylic acids is 1. The Morgan fingerprint density at radius 1 is 1.45 bits per heavy atom. The van der Waals surface area contributed by atoms with Crippen LogP contribution in [0.5, 0.6) is 11.5 Å². The number of likely N-dealkylation sites (N-methyl/N-ethyl adjacent to an activating group) is 1.